The van der Waals surface area contributed by atoms with E-state index in [1.807, 2.05) is 0 Å². The number of hydrogen-bond donors (Lipinski definition) is 2. The summed E-state index contributed by atoms with van der Waals surface area (Å²) < 4.78 is 4.97. The minimum absolute atomic E-state index is 0.0343. The van der Waals surface area contributed by atoms with Crippen molar-refractivity contribution < 1.29 is 29.3 Å². The molecule has 1 atom stereocenters. The summed E-state index contributed by atoms with van der Waals surface area (Å²) in [5, 5.41) is 20.8. The summed E-state index contributed by atoms with van der Waals surface area (Å²) in [6.45, 7) is 2.02. The minimum Gasteiger partial charge on any atom is -0.508 e. The van der Waals surface area contributed by atoms with Crippen LogP contribution in [0, 0.1) is 0 Å². The second-order valence-electron chi connectivity index (χ2n) is 7.77. The number of phenols is 1. The summed E-state index contributed by atoms with van der Waals surface area (Å²) in [6.07, 6.45) is 0.0857. The number of benzene rings is 3. The molecule has 1 aliphatic heterocycles. The molecule has 1 fully saturated rings. The Bertz CT molecular complexity index is 1250. The van der Waals surface area contributed by atoms with E-state index in [1.165, 1.54) is 17.0 Å². The number of hydrogen-bond acceptors (Lipinski definition) is 6. The number of esters is 1. The minimum atomic E-state index is -0.906. The third kappa shape index (κ3) is 4.41. The van der Waals surface area contributed by atoms with E-state index in [2.05, 4.69) is 0 Å². The van der Waals surface area contributed by atoms with E-state index in [0.717, 1.165) is 0 Å². The number of ether oxygens (including phenoxy) is 1. The molecule has 0 radical (unpaired) electrons. The summed E-state index contributed by atoms with van der Waals surface area (Å²) in [4.78, 5) is 39.4. The van der Waals surface area contributed by atoms with Crippen molar-refractivity contribution >= 4 is 29.1 Å². The maximum atomic E-state index is 13.2. The fourth-order valence-corrected chi connectivity index (χ4v) is 3.98. The molecule has 1 unspecified atom stereocenters. The van der Waals surface area contributed by atoms with Crippen LogP contribution in [0.2, 0.25) is 0 Å². The fourth-order valence-electron chi connectivity index (χ4n) is 3.98. The molecule has 2 N–H and O–H groups in total. The maximum absolute atomic E-state index is 13.2. The number of phenolic OH excluding ortho intramolecular Hbond substituents is 1. The van der Waals surface area contributed by atoms with Crippen molar-refractivity contribution in [2.45, 2.75) is 19.4 Å². The van der Waals surface area contributed by atoms with Gasteiger partial charge in [0.1, 0.15) is 11.5 Å². The number of rotatable bonds is 6. The van der Waals surface area contributed by atoms with Crippen molar-refractivity contribution in [3.8, 4) is 5.75 Å². The van der Waals surface area contributed by atoms with E-state index < -0.39 is 17.7 Å². The highest BCUT2D eigenvalue weighted by molar-refractivity contribution is 6.51. The van der Waals surface area contributed by atoms with Crippen molar-refractivity contribution in [2.75, 3.05) is 11.5 Å². The van der Waals surface area contributed by atoms with E-state index in [0.29, 0.717) is 22.4 Å². The number of amides is 1. The van der Waals surface area contributed by atoms with Crippen LogP contribution in [0.15, 0.2) is 84.4 Å². The highest BCUT2D eigenvalue weighted by Gasteiger charge is 2.46. The number of Topliss-reactive ketones (excluding diaryl/α,β-unsaturated/α-hetero) is 1. The highest BCUT2D eigenvalue weighted by Crippen LogP contribution is 2.42. The quantitative estimate of drug-likeness (QED) is 0.250. The number of carbonyl (C=O) groups is 3. The zero-order valence-corrected chi connectivity index (χ0v) is 18.5. The monoisotopic (exact) mass is 457 g/mol. The Hall–Kier alpha value is -4.39. The van der Waals surface area contributed by atoms with Crippen LogP contribution < -0.4 is 4.90 Å². The molecule has 172 valence electrons. The topological polar surface area (TPSA) is 104 Å². The molecule has 1 heterocycles. The molecule has 3 aromatic carbocycles. The Morgan fingerprint density at radius 1 is 0.941 bits per heavy atom. The summed E-state index contributed by atoms with van der Waals surface area (Å²) in [7, 11) is 0. The lowest BCUT2D eigenvalue weighted by atomic mass is 9.95. The number of aliphatic hydroxyl groups is 1. The van der Waals surface area contributed by atoms with Crippen molar-refractivity contribution in [1.82, 2.24) is 0 Å². The molecule has 0 aliphatic carbocycles. The molecule has 34 heavy (non-hydrogen) atoms. The van der Waals surface area contributed by atoms with Gasteiger partial charge in [0.15, 0.2) is 0 Å². The van der Waals surface area contributed by atoms with Crippen LogP contribution in [0.25, 0.3) is 5.76 Å². The van der Waals surface area contributed by atoms with E-state index in [-0.39, 0.29) is 36.1 Å². The van der Waals surface area contributed by atoms with Crippen LogP contribution in [0.3, 0.4) is 0 Å². The maximum Gasteiger partial charge on any atom is 0.310 e. The van der Waals surface area contributed by atoms with Gasteiger partial charge in [-0.1, -0.05) is 54.6 Å². The second kappa shape index (κ2) is 9.62. The van der Waals surface area contributed by atoms with Crippen LogP contribution in [0.4, 0.5) is 5.69 Å². The van der Waals surface area contributed by atoms with Gasteiger partial charge in [0.2, 0.25) is 0 Å². The van der Waals surface area contributed by atoms with Gasteiger partial charge in [-0.05, 0) is 42.3 Å². The standard InChI is InChI=1S/C27H23NO6/c1-2-34-22(30)16-17-8-12-20(13-9-17)28-24(18-10-14-21(29)15-11-18)23(26(32)27(28)33)25(31)19-6-4-3-5-7-19/h3-15,24,29,31H,2,16H2,1H3/b25-23+. The zero-order chi connectivity index (χ0) is 24.2. The average molecular weight is 457 g/mol. The molecular formula is C27H23NO6. The largest absolute Gasteiger partial charge is 0.508 e. The lowest BCUT2D eigenvalue weighted by Crippen LogP contribution is -2.29. The highest BCUT2D eigenvalue weighted by atomic mass is 16.5. The molecule has 1 amide bonds. The van der Waals surface area contributed by atoms with Gasteiger partial charge in [-0.2, -0.15) is 0 Å². The van der Waals surface area contributed by atoms with Gasteiger partial charge in [0.25, 0.3) is 11.7 Å². The molecule has 7 nitrogen and oxygen atoms in total. The molecular weight excluding hydrogens is 434 g/mol. The Balaban J connectivity index is 1.80. The zero-order valence-electron chi connectivity index (χ0n) is 18.5. The van der Waals surface area contributed by atoms with E-state index in [4.69, 9.17) is 4.74 Å². The van der Waals surface area contributed by atoms with Gasteiger partial charge in [0, 0.05) is 11.3 Å². The second-order valence-corrected chi connectivity index (χ2v) is 7.77. The first-order chi connectivity index (χ1) is 16.4. The third-order valence-electron chi connectivity index (χ3n) is 5.57. The molecule has 3 aromatic rings. The molecule has 1 saturated heterocycles. The van der Waals surface area contributed by atoms with Gasteiger partial charge in [-0.25, -0.2) is 0 Å². The van der Waals surface area contributed by atoms with Crippen LogP contribution in [-0.2, 0) is 25.5 Å². The first-order valence-electron chi connectivity index (χ1n) is 10.8. The van der Waals surface area contributed by atoms with Gasteiger partial charge < -0.3 is 14.9 Å². The molecule has 4 rings (SSSR count). The predicted octanol–water partition coefficient (Wildman–Crippen LogP) is 4.12. The lowest BCUT2D eigenvalue weighted by Gasteiger charge is -2.25. The summed E-state index contributed by atoms with van der Waals surface area (Å²) in [6, 6.07) is 20.4. The molecule has 0 aromatic heterocycles. The summed E-state index contributed by atoms with van der Waals surface area (Å²) >= 11 is 0. The summed E-state index contributed by atoms with van der Waals surface area (Å²) in [5.74, 6) is -2.20. The Labute approximate surface area is 196 Å². The molecule has 1 aliphatic rings. The summed E-state index contributed by atoms with van der Waals surface area (Å²) in [5.41, 5.74) is 2.04. The Kier molecular flexibility index (Phi) is 6.45. The van der Waals surface area contributed by atoms with Crippen molar-refractivity contribution in [1.29, 1.82) is 0 Å². The van der Waals surface area contributed by atoms with E-state index >= 15 is 0 Å². The fraction of sp³-hybridized carbons (Fsp3) is 0.148. The normalized spacial score (nSPS) is 17.1. The number of anilines is 1. The lowest BCUT2D eigenvalue weighted by molar-refractivity contribution is -0.142. The van der Waals surface area contributed by atoms with Gasteiger partial charge >= 0.3 is 5.97 Å². The van der Waals surface area contributed by atoms with Crippen molar-refractivity contribution in [3.05, 3.63) is 101 Å². The van der Waals surface area contributed by atoms with Crippen molar-refractivity contribution in [3.63, 3.8) is 0 Å². The van der Waals surface area contributed by atoms with Crippen LogP contribution in [0.1, 0.15) is 29.7 Å². The van der Waals surface area contributed by atoms with E-state index in [9.17, 15) is 24.6 Å². The Morgan fingerprint density at radius 3 is 2.21 bits per heavy atom. The number of ketones is 1. The smallest absolute Gasteiger partial charge is 0.310 e. The number of nitrogens with zero attached hydrogens (tertiary/aromatic N) is 1. The van der Waals surface area contributed by atoms with Gasteiger partial charge in [0.05, 0.1) is 24.6 Å². The first-order valence-corrected chi connectivity index (χ1v) is 10.8. The average Bonchev–Trinajstić information content (AvgIpc) is 3.11. The molecule has 7 heteroatoms. The number of aromatic hydroxyl groups is 1. The van der Waals surface area contributed by atoms with Crippen LogP contribution >= 0.6 is 0 Å². The van der Waals surface area contributed by atoms with Crippen molar-refractivity contribution in [2.24, 2.45) is 0 Å². The number of carbonyl (C=O) groups excluding carboxylic acids is 3. The molecule has 0 bridgehead atoms. The van der Waals surface area contributed by atoms with E-state index in [1.54, 1.807) is 73.7 Å². The molecule has 0 spiro atoms. The number of aliphatic hydroxyl groups excluding tert-OH is 1. The predicted molar refractivity (Wildman–Crippen MR) is 126 cm³/mol. The first kappa shape index (κ1) is 22.8. The Morgan fingerprint density at radius 2 is 1.59 bits per heavy atom. The van der Waals surface area contributed by atoms with Gasteiger partial charge in [-0.15, -0.1) is 0 Å². The third-order valence-corrected chi connectivity index (χ3v) is 5.57. The van der Waals surface area contributed by atoms with Crippen LogP contribution in [-0.4, -0.2) is 34.5 Å². The van der Waals surface area contributed by atoms with Crippen LogP contribution in [0.5, 0.6) is 5.75 Å². The molecule has 0 saturated carbocycles. The van der Waals surface area contributed by atoms with Gasteiger partial charge in [-0.3, -0.25) is 19.3 Å². The SMILES string of the molecule is CCOC(=O)Cc1ccc(N2C(=O)C(=O)/C(=C(/O)c3ccccc3)C2c2ccc(O)cc2)cc1.